The van der Waals surface area contributed by atoms with Gasteiger partial charge in [-0.3, -0.25) is 4.79 Å². The third kappa shape index (κ3) is 3.45. The summed E-state index contributed by atoms with van der Waals surface area (Å²) in [7, 11) is 1.24. The van der Waals surface area contributed by atoms with E-state index in [1.165, 1.54) is 13.2 Å². The van der Waals surface area contributed by atoms with Crippen LogP contribution >= 0.6 is 0 Å². The zero-order valence-corrected chi connectivity index (χ0v) is 9.17. The lowest BCUT2D eigenvalue weighted by atomic mass is 10.0. The minimum absolute atomic E-state index is 0.000182. The van der Waals surface area contributed by atoms with Crippen LogP contribution in [-0.2, 0) is 6.18 Å². The molecule has 1 aromatic carbocycles. The van der Waals surface area contributed by atoms with Crippen LogP contribution in [0.25, 0.3) is 0 Å². The van der Waals surface area contributed by atoms with E-state index >= 15 is 0 Å². The number of benzene rings is 1. The van der Waals surface area contributed by atoms with Crippen LogP contribution in [0.15, 0.2) is 18.2 Å². The van der Waals surface area contributed by atoms with E-state index in [-0.39, 0.29) is 24.3 Å². The van der Waals surface area contributed by atoms with Gasteiger partial charge in [0.25, 0.3) is 0 Å². The van der Waals surface area contributed by atoms with E-state index in [1.807, 2.05) is 0 Å². The Labute approximate surface area is 96.4 Å². The molecule has 0 radical (unpaired) electrons. The highest BCUT2D eigenvalue weighted by atomic mass is 19.4. The molecule has 0 spiro atoms. The first-order valence-electron chi connectivity index (χ1n) is 4.88. The Morgan fingerprint density at radius 2 is 2.00 bits per heavy atom. The Morgan fingerprint density at radius 1 is 1.35 bits per heavy atom. The van der Waals surface area contributed by atoms with Gasteiger partial charge in [-0.05, 0) is 24.7 Å². The van der Waals surface area contributed by atoms with Crippen LogP contribution in [0.1, 0.15) is 22.3 Å². The molecule has 2 N–H and O–H groups in total. The highest BCUT2D eigenvalue weighted by Crippen LogP contribution is 2.32. The van der Waals surface area contributed by atoms with Crippen LogP contribution < -0.4 is 10.5 Å². The molecule has 0 saturated carbocycles. The molecule has 0 aliphatic carbocycles. The first-order chi connectivity index (χ1) is 7.88. The second kappa shape index (κ2) is 5.18. The molecule has 1 aromatic rings. The van der Waals surface area contributed by atoms with Gasteiger partial charge in [-0.2, -0.15) is 13.2 Å². The minimum atomic E-state index is -4.51. The molecular weight excluding hydrogens is 235 g/mol. The summed E-state index contributed by atoms with van der Waals surface area (Å²) in [6, 6.07) is 2.92. The predicted octanol–water partition coefficient (Wildman–Crippen LogP) is 2.25. The molecule has 0 unspecified atom stereocenters. The summed E-state index contributed by atoms with van der Waals surface area (Å²) in [5.41, 5.74) is 4.24. The number of carbonyl (C=O) groups excluding carboxylic acids is 1. The van der Waals surface area contributed by atoms with E-state index in [0.717, 1.165) is 12.1 Å². The van der Waals surface area contributed by atoms with Gasteiger partial charge in [0.1, 0.15) is 5.75 Å². The van der Waals surface area contributed by atoms with Crippen LogP contribution in [-0.4, -0.2) is 19.4 Å². The topological polar surface area (TPSA) is 52.3 Å². The summed E-state index contributed by atoms with van der Waals surface area (Å²) in [5, 5.41) is 0. The number of carbonyl (C=O) groups is 1. The van der Waals surface area contributed by atoms with Crippen molar-refractivity contribution < 1.29 is 22.7 Å². The van der Waals surface area contributed by atoms with Crippen molar-refractivity contribution in [2.75, 3.05) is 13.7 Å². The average molecular weight is 247 g/mol. The summed E-state index contributed by atoms with van der Waals surface area (Å²) >= 11 is 0. The fourth-order valence-electron chi connectivity index (χ4n) is 1.32. The fourth-order valence-corrected chi connectivity index (χ4v) is 1.32. The van der Waals surface area contributed by atoms with Crippen LogP contribution in [0.5, 0.6) is 5.75 Å². The fraction of sp³-hybridized carbons (Fsp3) is 0.364. The lowest BCUT2D eigenvalue weighted by Gasteiger charge is -2.10. The van der Waals surface area contributed by atoms with Crippen molar-refractivity contribution in [3.05, 3.63) is 29.3 Å². The van der Waals surface area contributed by atoms with Crippen LogP contribution in [0.3, 0.4) is 0 Å². The largest absolute Gasteiger partial charge is 0.497 e. The van der Waals surface area contributed by atoms with Gasteiger partial charge in [-0.25, -0.2) is 0 Å². The molecule has 0 amide bonds. The van der Waals surface area contributed by atoms with Crippen molar-refractivity contribution in [1.82, 2.24) is 0 Å². The SMILES string of the molecule is COc1cc(C(=O)CCN)cc(C(F)(F)F)c1. The number of methoxy groups -OCH3 is 1. The first-order valence-corrected chi connectivity index (χ1v) is 4.88. The predicted molar refractivity (Wildman–Crippen MR) is 56.0 cm³/mol. The minimum Gasteiger partial charge on any atom is -0.497 e. The van der Waals surface area contributed by atoms with Gasteiger partial charge < -0.3 is 10.5 Å². The van der Waals surface area contributed by atoms with Gasteiger partial charge in [-0.1, -0.05) is 0 Å². The Hall–Kier alpha value is -1.56. The quantitative estimate of drug-likeness (QED) is 0.830. The molecule has 1 rings (SSSR count). The number of alkyl halides is 3. The summed E-state index contributed by atoms with van der Waals surface area (Å²) in [6.07, 6.45) is -4.50. The van der Waals surface area contributed by atoms with E-state index in [0.29, 0.717) is 0 Å². The standard InChI is InChI=1S/C11H12F3NO2/c1-17-9-5-7(10(16)2-3-15)4-8(6-9)11(12,13)14/h4-6H,2-3,15H2,1H3. The van der Waals surface area contributed by atoms with E-state index in [4.69, 9.17) is 10.5 Å². The smallest absolute Gasteiger partial charge is 0.416 e. The maximum atomic E-state index is 12.5. The van der Waals surface area contributed by atoms with Crippen molar-refractivity contribution in [2.45, 2.75) is 12.6 Å². The first kappa shape index (κ1) is 13.5. The van der Waals surface area contributed by atoms with E-state index in [9.17, 15) is 18.0 Å². The molecule has 3 nitrogen and oxygen atoms in total. The number of ketones is 1. The maximum Gasteiger partial charge on any atom is 0.416 e. The molecule has 17 heavy (non-hydrogen) atoms. The molecule has 0 aliphatic heterocycles. The molecule has 0 aromatic heterocycles. The monoisotopic (exact) mass is 247 g/mol. The Kier molecular flexibility index (Phi) is 4.11. The maximum absolute atomic E-state index is 12.5. The van der Waals surface area contributed by atoms with Gasteiger partial charge >= 0.3 is 6.18 Å². The van der Waals surface area contributed by atoms with Crippen LogP contribution in [0.2, 0.25) is 0 Å². The van der Waals surface area contributed by atoms with Gasteiger partial charge in [0.15, 0.2) is 5.78 Å². The van der Waals surface area contributed by atoms with E-state index in [2.05, 4.69) is 0 Å². The Balaban J connectivity index is 3.19. The second-order valence-corrected chi connectivity index (χ2v) is 3.41. The summed E-state index contributed by atoms with van der Waals surface area (Å²) in [6.45, 7) is 0.0946. The number of nitrogens with two attached hydrogens (primary N) is 1. The molecule has 0 atom stereocenters. The van der Waals surface area contributed by atoms with Gasteiger partial charge in [0.2, 0.25) is 0 Å². The molecule has 6 heteroatoms. The number of halogens is 3. The Bertz CT molecular complexity index is 416. The third-order valence-corrected chi connectivity index (χ3v) is 2.16. The molecule has 0 fully saturated rings. The summed E-state index contributed by atoms with van der Waals surface area (Å²) in [5.74, 6) is -0.433. The lowest BCUT2D eigenvalue weighted by Crippen LogP contribution is -2.11. The number of hydrogen-bond acceptors (Lipinski definition) is 3. The molecule has 0 bridgehead atoms. The highest BCUT2D eigenvalue weighted by molar-refractivity contribution is 5.96. The van der Waals surface area contributed by atoms with Crippen LogP contribution in [0.4, 0.5) is 13.2 Å². The molecule has 0 heterocycles. The summed E-state index contributed by atoms with van der Waals surface area (Å²) < 4.78 is 42.4. The van der Waals surface area contributed by atoms with Crippen molar-refractivity contribution in [2.24, 2.45) is 5.73 Å². The lowest BCUT2D eigenvalue weighted by molar-refractivity contribution is -0.137. The van der Waals surface area contributed by atoms with Gasteiger partial charge in [0.05, 0.1) is 12.7 Å². The molecule has 94 valence electrons. The van der Waals surface area contributed by atoms with Crippen molar-refractivity contribution in [1.29, 1.82) is 0 Å². The van der Waals surface area contributed by atoms with E-state index < -0.39 is 17.5 Å². The number of ether oxygens (including phenoxy) is 1. The Morgan fingerprint density at radius 3 is 2.47 bits per heavy atom. The van der Waals surface area contributed by atoms with Gasteiger partial charge in [0, 0.05) is 12.0 Å². The third-order valence-electron chi connectivity index (χ3n) is 2.16. The van der Waals surface area contributed by atoms with Gasteiger partial charge in [-0.15, -0.1) is 0 Å². The average Bonchev–Trinajstić information content (AvgIpc) is 2.27. The number of rotatable bonds is 4. The van der Waals surface area contributed by atoms with Crippen molar-refractivity contribution >= 4 is 5.78 Å². The number of Topliss-reactive ketones (excluding diaryl/α,β-unsaturated/α-hetero) is 1. The highest BCUT2D eigenvalue weighted by Gasteiger charge is 2.31. The summed E-state index contributed by atoms with van der Waals surface area (Å²) in [4.78, 5) is 11.5. The van der Waals surface area contributed by atoms with Crippen molar-refractivity contribution in [3.63, 3.8) is 0 Å². The zero-order chi connectivity index (χ0) is 13.1. The normalized spacial score (nSPS) is 11.4. The zero-order valence-electron chi connectivity index (χ0n) is 9.17. The number of hydrogen-bond donors (Lipinski definition) is 1. The van der Waals surface area contributed by atoms with Crippen molar-refractivity contribution in [3.8, 4) is 5.75 Å². The molecular formula is C11H12F3NO2. The van der Waals surface area contributed by atoms with E-state index in [1.54, 1.807) is 0 Å². The van der Waals surface area contributed by atoms with Crippen LogP contribution in [0, 0.1) is 0 Å². The molecule has 0 aliphatic rings. The second-order valence-electron chi connectivity index (χ2n) is 3.41. The molecule has 0 saturated heterocycles.